The molecule has 0 radical (unpaired) electrons. The summed E-state index contributed by atoms with van der Waals surface area (Å²) in [7, 11) is 0. The van der Waals surface area contributed by atoms with E-state index in [0.29, 0.717) is 27.8 Å². The lowest BCUT2D eigenvalue weighted by atomic mass is 9.93. The van der Waals surface area contributed by atoms with Gasteiger partial charge in [-0.25, -0.2) is 4.90 Å². The highest BCUT2D eigenvalue weighted by Gasteiger charge is 2.33. The van der Waals surface area contributed by atoms with Gasteiger partial charge in [0.05, 0.1) is 5.69 Å². The molecule has 1 aliphatic rings. The van der Waals surface area contributed by atoms with E-state index in [1.54, 1.807) is 36.4 Å². The molecule has 4 aromatic carbocycles. The standard InChI is InChI=1S/C28H22N2O3/c1-16-14-17(2)25(18(3)15-16)29-26(31)20-10-12-21(13-11-20)30-27(32)22-8-4-6-19-7-5-9-23(24(19)22)28(30)33/h4-15H,1-3H3,(H,29,31). The van der Waals surface area contributed by atoms with Crippen LogP contribution in [-0.2, 0) is 0 Å². The average molecular weight is 434 g/mol. The lowest BCUT2D eigenvalue weighted by Crippen LogP contribution is -2.40. The SMILES string of the molecule is Cc1cc(C)c(NC(=O)c2ccc(N3C(=O)c4cccc5cccc(c45)C3=O)cc2)c(C)c1. The Balaban J connectivity index is 1.45. The number of anilines is 2. The smallest absolute Gasteiger partial charge is 0.265 e. The fourth-order valence-electron chi connectivity index (χ4n) is 4.59. The van der Waals surface area contributed by atoms with E-state index < -0.39 is 0 Å². The lowest BCUT2D eigenvalue weighted by molar-refractivity contribution is 0.0893. The number of amides is 3. The van der Waals surface area contributed by atoms with Crippen LogP contribution in [0, 0.1) is 20.8 Å². The summed E-state index contributed by atoms with van der Waals surface area (Å²) in [6.45, 7) is 5.95. The highest BCUT2D eigenvalue weighted by molar-refractivity contribution is 6.35. The minimum absolute atomic E-state index is 0.247. The van der Waals surface area contributed by atoms with Gasteiger partial charge in [-0.1, -0.05) is 42.0 Å². The molecule has 0 fully saturated rings. The van der Waals surface area contributed by atoms with Crippen molar-refractivity contribution < 1.29 is 14.4 Å². The summed E-state index contributed by atoms with van der Waals surface area (Å²) in [5, 5.41) is 4.53. The summed E-state index contributed by atoms with van der Waals surface area (Å²) in [6, 6.07) is 21.5. The van der Waals surface area contributed by atoms with Gasteiger partial charge in [0, 0.05) is 27.8 Å². The minimum atomic E-state index is -0.368. The van der Waals surface area contributed by atoms with Crippen LogP contribution in [0.25, 0.3) is 10.8 Å². The number of hydrogen-bond donors (Lipinski definition) is 1. The first-order valence-corrected chi connectivity index (χ1v) is 10.7. The molecule has 5 heteroatoms. The Morgan fingerprint density at radius 1 is 0.758 bits per heavy atom. The van der Waals surface area contributed by atoms with E-state index in [1.807, 2.05) is 57.2 Å². The van der Waals surface area contributed by atoms with Crippen molar-refractivity contribution in [1.82, 2.24) is 0 Å². The highest BCUT2D eigenvalue weighted by Crippen LogP contribution is 2.33. The second-order valence-electron chi connectivity index (χ2n) is 8.43. The summed E-state index contributed by atoms with van der Waals surface area (Å²) in [5.41, 5.74) is 5.78. The Morgan fingerprint density at radius 3 is 1.85 bits per heavy atom. The van der Waals surface area contributed by atoms with E-state index in [2.05, 4.69) is 5.32 Å². The Hall–Kier alpha value is -4.25. The normalized spacial score (nSPS) is 12.9. The molecule has 0 atom stereocenters. The van der Waals surface area contributed by atoms with Gasteiger partial charge in [-0.3, -0.25) is 14.4 Å². The van der Waals surface area contributed by atoms with Gasteiger partial charge in [0.25, 0.3) is 17.7 Å². The van der Waals surface area contributed by atoms with Gasteiger partial charge in [-0.05, 0) is 73.7 Å². The van der Waals surface area contributed by atoms with Crippen LogP contribution in [-0.4, -0.2) is 17.7 Å². The monoisotopic (exact) mass is 434 g/mol. The van der Waals surface area contributed by atoms with Gasteiger partial charge in [0.15, 0.2) is 0 Å². The molecule has 3 amide bonds. The number of nitrogens with zero attached hydrogens (tertiary/aromatic N) is 1. The Bertz CT molecular complexity index is 1400. The predicted molar refractivity (Wildman–Crippen MR) is 130 cm³/mol. The van der Waals surface area contributed by atoms with Crippen LogP contribution < -0.4 is 10.2 Å². The first-order valence-electron chi connectivity index (χ1n) is 10.7. The third-order valence-electron chi connectivity index (χ3n) is 6.07. The van der Waals surface area contributed by atoms with E-state index in [4.69, 9.17) is 0 Å². The molecule has 1 heterocycles. The van der Waals surface area contributed by atoms with Crippen molar-refractivity contribution >= 4 is 39.9 Å². The van der Waals surface area contributed by atoms with E-state index in [1.165, 1.54) is 4.90 Å². The molecule has 1 aliphatic heterocycles. The van der Waals surface area contributed by atoms with Crippen molar-refractivity contribution in [2.45, 2.75) is 20.8 Å². The molecule has 4 aromatic rings. The molecule has 1 N–H and O–H groups in total. The van der Waals surface area contributed by atoms with E-state index in [0.717, 1.165) is 27.8 Å². The van der Waals surface area contributed by atoms with Gasteiger partial charge in [0.2, 0.25) is 0 Å². The molecule has 5 nitrogen and oxygen atoms in total. The van der Waals surface area contributed by atoms with Crippen LogP contribution in [0.15, 0.2) is 72.8 Å². The number of carbonyl (C=O) groups is 3. The van der Waals surface area contributed by atoms with Gasteiger partial charge in [-0.15, -0.1) is 0 Å². The first kappa shape index (κ1) is 20.6. The first-order chi connectivity index (χ1) is 15.8. The molecule has 0 saturated carbocycles. The molecule has 0 bridgehead atoms. The third-order valence-corrected chi connectivity index (χ3v) is 6.07. The van der Waals surface area contributed by atoms with E-state index >= 15 is 0 Å². The molecular formula is C28H22N2O3. The maximum atomic E-state index is 13.2. The Labute approximate surface area is 191 Å². The van der Waals surface area contributed by atoms with Crippen LogP contribution in [0.1, 0.15) is 47.8 Å². The molecule has 0 saturated heterocycles. The molecule has 0 aromatic heterocycles. The zero-order chi connectivity index (χ0) is 23.3. The highest BCUT2D eigenvalue weighted by atomic mass is 16.2. The van der Waals surface area contributed by atoms with Gasteiger partial charge in [0.1, 0.15) is 0 Å². The predicted octanol–water partition coefficient (Wildman–Crippen LogP) is 5.82. The minimum Gasteiger partial charge on any atom is -0.322 e. The van der Waals surface area contributed by atoms with E-state index in [9.17, 15) is 14.4 Å². The van der Waals surface area contributed by atoms with Gasteiger partial charge in [-0.2, -0.15) is 0 Å². The largest absolute Gasteiger partial charge is 0.322 e. The summed E-state index contributed by atoms with van der Waals surface area (Å²) < 4.78 is 0. The van der Waals surface area contributed by atoms with Gasteiger partial charge < -0.3 is 5.32 Å². The van der Waals surface area contributed by atoms with Crippen molar-refractivity contribution in [3.8, 4) is 0 Å². The average Bonchev–Trinajstić information content (AvgIpc) is 2.80. The zero-order valence-corrected chi connectivity index (χ0v) is 18.6. The summed E-state index contributed by atoms with van der Waals surface area (Å²) in [4.78, 5) is 40.4. The molecule has 33 heavy (non-hydrogen) atoms. The van der Waals surface area contributed by atoms with Crippen molar-refractivity contribution in [2.24, 2.45) is 0 Å². The molecular weight excluding hydrogens is 412 g/mol. The number of nitrogens with one attached hydrogen (secondary N) is 1. The second-order valence-corrected chi connectivity index (χ2v) is 8.43. The zero-order valence-electron chi connectivity index (χ0n) is 18.6. The Morgan fingerprint density at radius 2 is 1.30 bits per heavy atom. The van der Waals surface area contributed by atoms with Crippen molar-refractivity contribution in [1.29, 1.82) is 0 Å². The number of aryl methyl sites for hydroxylation is 3. The Kier molecular flexibility index (Phi) is 4.82. The topological polar surface area (TPSA) is 66.5 Å². The number of carbonyl (C=O) groups excluding carboxylic acids is 3. The summed E-state index contributed by atoms with van der Waals surface area (Å²) in [5.74, 6) is -0.983. The molecule has 162 valence electrons. The van der Waals surface area contributed by atoms with Crippen molar-refractivity contribution in [3.63, 3.8) is 0 Å². The quantitative estimate of drug-likeness (QED) is 0.413. The number of imide groups is 1. The molecule has 0 unspecified atom stereocenters. The van der Waals surface area contributed by atoms with Gasteiger partial charge >= 0.3 is 0 Å². The number of hydrogen-bond acceptors (Lipinski definition) is 3. The molecule has 0 aliphatic carbocycles. The second kappa shape index (κ2) is 7.71. The number of benzene rings is 4. The number of rotatable bonds is 3. The van der Waals surface area contributed by atoms with E-state index in [-0.39, 0.29) is 17.7 Å². The van der Waals surface area contributed by atoms with Crippen LogP contribution in [0.3, 0.4) is 0 Å². The maximum absolute atomic E-state index is 13.2. The lowest BCUT2D eigenvalue weighted by Gasteiger charge is -2.27. The maximum Gasteiger partial charge on any atom is 0.265 e. The fraction of sp³-hybridized carbons (Fsp3) is 0.107. The fourth-order valence-corrected chi connectivity index (χ4v) is 4.59. The van der Waals surface area contributed by atoms with Crippen LogP contribution in [0.4, 0.5) is 11.4 Å². The molecule has 5 rings (SSSR count). The summed E-state index contributed by atoms with van der Waals surface area (Å²) in [6.07, 6.45) is 0. The molecule has 0 spiro atoms. The summed E-state index contributed by atoms with van der Waals surface area (Å²) >= 11 is 0. The third kappa shape index (κ3) is 3.38. The van der Waals surface area contributed by atoms with Crippen molar-refractivity contribution in [2.75, 3.05) is 10.2 Å². The van der Waals surface area contributed by atoms with Crippen LogP contribution in [0.5, 0.6) is 0 Å². The van der Waals surface area contributed by atoms with Crippen LogP contribution in [0.2, 0.25) is 0 Å². The van der Waals surface area contributed by atoms with Crippen LogP contribution >= 0.6 is 0 Å². The van der Waals surface area contributed by atoms with Crippen molar-refractivity contribution in [3.05, 3.63) is 106 Å².